The van der Waals surface area contributed by atoms with Crippen molar-refractivity contribution in [3.8, 4) is 11.1 Å². The molecular formula is C27H30N6O5. The summed E-state index contributed by atoms with van der Waals surface area (Å²) in [6, 6.07) is 14.9. The summed E-state index contributed by atoms with van der Waals surface area (Å²) in [4.78, 5) is 36.1. The summed E-state index contributed by atoms with van der Waals surface area (Å²) in [5.74, 6) is -0.547. The van der Waals surface area contributed by atoms with Crippen molar-refractivity contribution < 1.29 is 24.2 Å². The monoisotopic (exact) mass is 518 g/mol. The number of ether oxygens (including phenoxy) is 1. The topological polar surface area (TPSA) is 156 Å². The zero-order valence-electron chi connectivity index (χ0n) is 21.1. The van der Waals surface area contributed by atoms with Gasteiger partial charge in [0.15, 0.2) is 11.6 Å². The van der Waals surface area contributed by atoms with Gasteiger partial charge in [-0.3, -0.25) is 4.79 Å². The van der Waals surface area contributed by atoms with Crippen molar-refractivity contribution in [2.45, 2.75) is 51.0 Å². The fourth-order valence-corrected chi connectivity index (χ4v) is 4.45. The second-order valence-corrected chi connectivity index (χ2v) is 9.07. The predicted molar refractivity (Wildman–Crippen MR) is 137 cm³/mol. The maximum Gasteiger partial charge on any atom is 0.407 e. The van der Waals surface area contributed by atoms with Crippen molar-refractivity contribution in [1.82, 2.24) is 31.0 Å². The van der Waals surface area contributed by atoms with Gasteiger partial charge in [-0.05, 0) is 48.4 Å². The number of carboxylic acid groups (broad SMARTS) is 1. The molecule has 1 aromatic heterocycles. The Bertz CT molecular complexity index is 1240. The van der Waals surface area contributed by atoms with Gasteiger partial charge in [0.1, 0.15) is 12.6 Å². The van der Waals surface area contributed by atoms with E-state index in [1.165, 1.54) is 0 Å². The molecule has 3 N–H and O–H groups in total. The van der Waals surface area contributed by atoms with Crippen LogP contribution in [0.4, 0.5) is 4.79 Å². The zero-order valence-corrected chi connectivity index (χ0v) is 21.1. The van der Waals surface area contributed by atoms with E-state index in [2.05, 4.69) is 31.0 Å². The Morgan fingerprint density at radius 3 is 2.21 bits per heavy atom. The second-order valence-electron chi connectivity index (χ2n) is 9.07. The lowest BCUT2D eigenvalue weighted by molar-refractivity contribution is -0.139. The Morgan fingerprint density at radius 1 is 0.947 bits per heavy atom. The summed E-state index contributed by atoms with van der Waals surface area (Å²) in [6.07, 6.45) is 1.03. The summed E-state index contributed by atoms with van der Waals surface area (Å²) in [5, 5.41) is 30.1. The summed E-state index contributed by atoms with van der Waals surface area (Å²) in [7, 11) is 0. The van der Waals surface area contributed by atoms with Gasteiger partial charge in [-0.15, -0.1) is 20.4 Å². The number of fused-ring (bicyclic) bond motifs is 3. The Labute approximate surface area is 220 Å². The largest absolute Gasteiger partial charge is 0.480 e. The third-order valence-corrected chi connectivity index (χ3v) is 6.37. The molecule has 1 atom stereocenters. The first-order chi connectivity index (χ1) is 18.4. The lowest BCUT2D eigenvalue weighted by Crippen LogP contribution is -2.41. The minimum atomic E-state index is -1.14. The van der Waals surface area contributed by atoms with Crippen molar-refractivity contribution in [3.63, 3.8) is 0 Å². The van der Waals surface area contributed by atoms with Crippen LogP contribution in [0.15, 0.2) is 48.5 Å². The fourth-order valence-electron chi connectivity index (χ4n) is 4.45. The first-order valence-corrected chi connectivity index (χ1v) is 12.6. The molecule has 1 heterocycles. The molecule has 11 heteroatoms. The molecule has 0 aliphatic heterocycles. The van der Waals surface area contributed by atoms with E-state index in [4.69, 9.17) is 4.74 Å². The Hall–Kier alpha value is -4.41. The van der Waals surface area contributed by atoms with Crippen LogP contribution in [0.5, 0.6) is 0 Å². The third kappa shape index (κ3) is 6.87. The smallest absolute Gasteiger partial charge is 0.407 e. The second kappa shape index (κ2) is 12.7. The number of aliphatic carboxylic acids is 1. The van der Waals surface area contributed by atoms with Crippen molar-refractivity contribution in [2.24, 2.45) is 0 Å². The minimum Gasteiger partial charge on any atom is -0.480 e. The van der Waals surface area contributed by atoms with Crippen molar-refractivity contribution >= 4 is 18.0 Å². The molecule has 2 amide bonds. The number of amides is 2. The highest BCUT2D eigenvalue weighted by molar-refractivity contribution is 5.81. The lowest BCUT2D eigenvalue weighted by Gasteiger charge is -2.17. The number of carboxylic acids is 1. The molecular weight excluding hydrogens is 488 g/mol. The molecule has 3 aromatic rings. The SMILES string of the molecule is Cc1nnc(CCC(=O)NCCCCC(NC(=O)OCC2c3ccccc3-c3ccccc32)C(=O)O)nn1. The van der Waals surface area contributed by atoms with Gasteiger partial charge in [-0.25, -0.2) is 9.59 Å². The number of aryl methyl sites for hydroxylation is 2. The third-order valence-electron chi connectivity index (χ3n) is 6.37. The number of benzene rings is 2. The molecule has 2 aromatic carbocycles. The van der Waals surface area contributed by atoms with E-state index in [9.17, 15) is 19.5 Å². The maximum atomic E-state index is 12.5. The lowest BCUT2D eigenvalue weighted by atomic mass is 9.98. The van der Waals surface area contributed by atoms with Crippen LogP contribution in [0.2, 0.25) is 0 Å². The Morgan fingerprint density at radius 2 is 1.58 bits per heavy atom. The highest BCUT2D eigenvalue weighted by Crippen LogP contribution is 2.44. The zero-order chi connectivity index (χ0) is 26.9. The summed E-state index contributed by atoms with van der Waals surface area (Å²) >= 11 is 0. The number of alkyl carbamates (subject to hydrolysis) is 1. The van der Waals surface area contributed by atoms with Crippen LogP contribution in [0.1, 0.15) is 54.4 Å². The maximum absolute atomic E-state index is 12.5. The normalized spacial score (nSPS) is 12.8. The molecule has 0 saturated carbocycles. The Balaban J connectivity index is 1.17. The molecule has 38 heavy (non-hydrogen) atoms. The van der Waals surface area contributed by atoms with Gasteiger partial charge in [-0.2, -0.15) is 0 Å². The van der Waals surface area contributed by atoms with Crippen LogP contribution >= 0.6 is 0 Å². The number of nitrogens with one attached hydrogen (secondary N) is 2. The van der Waals surface area contributed by atoms with E-state index >= 15 is 0 Å². The standard InChI is InChI=1S/C27H30N6O5/c1-17-30-32-24(33-31-17)13-14-25(34)28-15-7-6-12-23(26(35)36)29-27(37)38-16-22-20-10-4-2-8-18(20)19-9-3-5-11-21(19)22/h2-5,8-11,22-23H,6-7,12-16H2,1H3,(H,28,34)(H,29,37)(H,35,36). The van der Waals surface area contributed by atoms with Crippen LogP contribution < -0.4 is 10.6 Å². The van der Waals surface area contributed by atoms with Gasteiger partial charge in [-0.1, -0.05) is 48.5 Å². The molecule has 0 bridgehead atoms. The number of carbonyl (C=O) groups excluding carboxylic acids is 2. The fraction of sp³-hybridized carbons (Fsp3) is 0.370. The van der Waals surface area contributed by atoms with Crippen LogP contribution in [0.25, 0.3) is 11.1 Å². The molecule has 0 saturated heterocycles. The van der Waals surface area contributed by atoms with Crippen LogP contribution in [0.3, 0.4) is 0 Å². The van der Waals surface area contributed by atoms with Crippen molar-refractivity contribution in [3.05, 3.63) is 71.3 Å². The van der Waals surface area contributed by atoms with E-state index < -0.39 is 18.1 Å². The van der Waals surface area contributed by atoms with Gasteiger partial charge >= 0.3 is 12.1 Å². The number of hydrogen-bond acceptors (Lipinski definition) is 8. The van der Waals surface area contributed by atoms with E-state index in [1.54, 1.807) is 6.92 Å². The molecule has 0 fully saturated rings. The summed E-state index contributed by atoms with van der Waals surface area (Å²) < 4.78 is 5.46. The van der Waals surface area contributed by atoms with Crippen molar-refractivity contribution in [2.75, 3.05) is 13.2 Å². The van der Waals surface area contributed by atoms with Crippen LogP contribution in [-0.2, 0) is 20.7 Å². The summed E-state index contributed by atoms with van der Waals surface area (Å²) in [6.45, 7) is 2.18. The highest BCUT2D eigenvalue weighted by atomic mass is 16.5. The van der Waals surface area contributed by atoms with E-state index in [-0.39, 0.29) is 31.3 Å². The summed E-state index contributed by atoms with van der Waals surface area (Å²) in [5.41, 5.74) is 4.39. The molecule has 0 spiro atoms. The number of nitrogens with zero attached hydrogens (tertiary/aromatic N) is 4. The molecule has 4 rings (SSSR count). The van der Waals surface area contributed by atoms with Gasteiger partial charge in [0.05, 0.1) is 0 Å². The average Bonchev–Trinajstić information content (AvgIpc) is 3.24. The number of aromatic nitrogens is 4. The van der Waals surface area contributed by atoms with E-state index in [1.807, 2.05) is 48.5 Å². The molecule has 1 aliphatic carbocycles. The molecule has 198 valence electrons. The molecule has 1 unspecified atom stereocenters. The van der Waals surface area contributed by atoms with Gasteiger partial charge in [0, 0.05) is 25.3 Å². The molecule has 11 nitrogen and oxygen atoms in total. The van der Waals surface area contributed by atoms with Gasteiger partial charge in [0.25, 0.3) is 0 Å². The number of rotatable bonds is 12. The van der Waals surface area contributed by atoms with E-state index in [0.717, 1.165) is 22.3 Å². The van der Waals surface area contributed by atoms with Gasteiger partial charge < -0.3 is 20.5 Å². The van der Waals surface area contributed by atoms with Crippen LogP contribution in [-0.4, -0.2) is 62.7 Å². The highest BCUT2D eigenvalue weighted by Gasteiger charge is 2.29. The quantitative estimate of drug-likeness (QED) is 0.307. The van der Waals surface area contributed by atoms with Crippen LogP contribution in [0, 0.1) is 6.92 Å². The van der Waals surface area contributed by atoms with Crippen molar-refractivity contribution in [1.29, 1.82) is 0 Å². The molecule has 1 aliphatic rings. The molecule has 0 radical (unpaired) electrons. The average molecular weight is 519 g/mol. The Kier molecular flexibility index (Phi) is 8.91. The first kappa shape index (κ1) is 26.6. The minimum absolute atomic E-state index is 0.106. The number of unbranched alkanes of at least 4 members (excludes halogenated alkanes) is 1. The van der Waals surface area contributed by atoms with Gasteiger partial charge in [0.2, 0.25) is 5.91 Å². The first-order valence-electron chi connectivity index (χ1n) is 12.6. The number of carbonyl (C=O) groups is 3. The number of hydrogen-bond donors (Lipinski definition) is 3. The van der Waals surface area contributed by atoms with E-state index in [0.29, 0.717) is 37.5 Å². The predicted octanol–water partition coefficient (Wildman–Crippen LogP) is 2.79.